The zero-order chi connectivity index (χ0) is 19.1. The number of aliphatic hydroxyl groups excluding tert-OH is 1. The highest BCUT2D eigenvalue weighted by atomic mass is 35.5. The number of aryl methyl sites for hydroxylation is 1. The predicted molar refractivity (Wildman–Crippen MR) is 97.0 cm³/mol. The molecule has 0 atom stereocenters. The molecule has 1 fully saturated rings. The van der Waals surface area contributed by atoms with Crippen LogP contribution in [0.3, 0.4) is 0 Å². The van der Waals surface area contributed by atoms with Crippen molar-refractivity contribution in [3.8, 4) is 0 Å². The summed E-state index contributed by atoms with van der Waals surface area (Å²) in [6.45, 7) is 0. The van der Waals surface area contributed by atoms with E-state index in [9.17, 15) is 18.3 Å². The van der Waals surface area contributed by atoms with Gasteiger partial charge in [0.05, 0.1) is 11.1 Å². The minimum atomic E-state index is -3.91. The molecule has 0 spiro atoms. The smallest absolute Gasteiger partial charge is 0.273 e. The van der Waals surface area contributed by atoms with Gasteiger partial charge in [-0.15, -0.1) is 0 Å². The van der Waals surface area contributed by atoms with Crippen LogP contribution in [0.5, 0.6) is 0 Å². The lowest BCUT2D eigenvalue weighted by molar-refractivity contribution is 0.0712. The van der Waals surface area contributed by atoms with Gasteiger partial charge in [0, 0.05) is 31.2 Å². The van der Waals surface area contributed by atoms with Crippen molar-refractivity contribution in [1.82, 2.24) is 14.3 Å². The van der Waals surface area contributed by atoms with Gasteiger partial charge >= 0.3 is 0 Å². The Morgan fingerprint density at radius 3 is 2.69 bits per heavy atom. The number of carbonyl (C=O) groups is 1. The van der Waals surface area contributed by atoms with Gasteiger partial charge in [-0.05, 0) is 25.0 Å². The summed E-state index contributed by atoms with van der Waals surface area (Å²) in [6.07, 6.45) is 2.90. The molecule has 11 heteroatoms. The van der Waals surface area contributed by atoms with Gasteiger partial charge in [0.15, 0.2) is 0 Å². The molecule has 2 aromatic rings. The van der Waals surface area contributed by atoms with Gasteiger partial charge in [-0.3, -0.25) is 4.79 Å². The second-order valence-corrected chi connectivity index (χ2v) is 8.48. The Balaban J connectivity index is 1.84. The number of amides is 1. The van der Waals surface area contributed by atoms with E-state index in [0.29, 0.717) is 18.5 Å². The maximum Gasteiger partial charge on any atom is 0.273 e. The standard InChI is InChI=1S/C15H16Cl2N4O4S/c1-21-7-11(26(24,25)20-9-4-10(22)5-9)13(17)14(21)15(23)19-8-2-3-18-12(16)6-8/h2-3,6-7,9-10,20,22H,4-5H2,1H3,(H,18,19,23). The van der Waals surface area contributed by atoms with Crippen molar-refractivity contribution in [3.63, 3.8) is 0 Å². The molecule has 2 heterocycles. The zero-order valence-electron chi connectivity index (χ0n) is 13.6. The number of carbonyl (C=O) groups excluding carboxylic acids is 1. The zero-order valence-corrected chi connectivity index (χ0v) is 15.9. The van der Waals surface area contributed by atoms with Gasteiger partial charge in [-0.2, -0.15) is 0 Å². The molecular weight excluding hydrogens is 403 g/mol. The van der Waals surface area contributed by atoms with Crippen LogP contribution in [0, 0.1) is 0 Å². The van der Waals surface area contributed by atoms with Crippen LogP contribution in [0.25, 0.3) is 0 Å². The Labute approximate surface area is 160 Å². The number of nitrogens with one attached hydrogen (secondary N) is 2. The second-order valence-electron chi connectivity index (χ2n) is 6.03. The van der Waals surface area contributed by atoms with E-state index in [1.165, 1.54) is 30.1 Å². The lowest BCUT2D eigenvalue weighted by atomic mass is 9.91. The fraction of sp³-hybridized carbons (Fsp3) is 0.333. The summed E-state index contributed by atoms with van der Waals surface area (Å²) in [7, 11) is -2.39. The summed E-state index contributed by atoms with van der Waals surface area (Å²) in [5, 5.41) is 11.9. The molecule has 0 aliphatic heterocycles. The highest BCUT2D eigenvalue weighted by Crippen LogP contribution is 2.30. The normalized spacial score (nSPS) is 19.8. The molecule has 0 saturated heterocycles. The molecule has 3 N–H and O–H groups in total. The number of halogens is 2. The summed E-state index contributed by atoms with van der Waals surface area (Å²) in [6, 6.07) is 2.65. The molecule has 1 aliphatic rings. The van der Waals surface area contributed by atoms with Crippen LogP contribution in [-0.4, -0.2) is 41.1 Å². The maximum atomic E-state index is 12.5. The second kappa shape index (κ2) is 7.16. The SMILES string of the molecule is Cn1cc(S(=O)(=O)NC2CC(O)C2)c(Cl)c1C(=O)Nc1ccnc(Cl)c1. The first-order valence-corrected chi connectivity index (χ1v) is 9.89. The van der Waals surface area contributed by atoms with Crippen LogP contribution in [0.15, 0.2) is 29.4 Å². The Bertz CT molecular complexity index is 955. The minimum absolute atomic E-state index is 0.00591. The van der Waals surface area contributed by atoms with Crippen LogP contribution in [-0.2, 0) is 17.1 Å². The van der Waals surface area contributed by atoms with Crippen LogP contribution in [0.1, 0.15) is 23.3 Å². The van der Waals surface area contributed by atoms with E-state index in [4.69, 9.17) is 23.2 Å². The van der Waals surface area contributed by atoms with Crippen molar-refractivity contribution in [2.24, 2.45) is 7.05 Å². The highest BCUT2D eigenvalue weighted by molar-refractivity contribution is 7.89. The van der Waals surface area contributed by atoms with Gasteiger partial charge in [0.25, 0.3) is 5.91 Å². The number of rotatable bonds is 5. The number of hydrogen-bond donors (Lipinski definition) is 3. The van der Waals surface area contributed by atoms with Crippen LogP contribution < -0.4 is 10.0 Å². The van der Waals surface area contributed by atoms with E-state index in [2.05, 4.69) is 15.0 Å². The number of aromatic nitrogens is 2. The van der Waals surface area contributed by atoms with Crippen molar-refractivity contribution >= 4 is 44.8 Å². The number of nitrogens with zero attached hydrogens (tertiary/aromatic N) is 2. The molecule has 0 bridgehead atoms. The lowest BCUT2D eigenvalue weighted by Crippen LogP contribution is -2.46. The van der Waals surface area contributed by atoms with Gasteiger partial charge in [-0.1, -0.05) is 23.2 Å². The predicted octanol–water partition coefficient (Wildman–Crippen LogP) is 1.78. The van der Waals surface area contributed by atoms with Gasteiger partial charge in [0.2, 0.25) is 10.0 Å². The molecule has 3 rings (SSSR count). The van der Waals surface area contributed by atoms with E-state index < -0.39 is 22.0 Å². The largest absolute Gasteiger partial charge is 0.393 e. The Kier molecular flexibility index (Phi) is 5.27. The van der Waals surface area contributed by atoms with E-state index >= 15 is 0 Å². The lowest BCUT2D eigenvalue weighted by Gasteiger charge is -2.31. The number of hydrogen-bond acceptors (Lipinski definition) is 5. The number of anilines is 1. The Hall–Kier alpha value is -1.65. The van der Waals surface area contributed by atoms with E-state index in [1.54, 1.807) is 6.07 Å². The first-order chi connectivity index (χ1) is 12.2. The molecule has 140 valence electrons. The first kappa shape index (κ1) is 19.1. The topological polar surface area (TPSA) is 113 Å². The number of sulfonamides is 1. The summed E-state index contributed by atoms with van der Waals surface area (Å²) in [5.41, 5.74) is 0.395. The van der Waals surface area contributed by atoms with E-state index in [0.717, 1.165) is 0 Å². The van der Waals surface area contributed by atoms with Crippen molar-refractivity contribution in [1.29, 1.82) is 0 Å². The quantitative estimate of drug-likeness (QED) is 0.640. The monoisotopic (exact) mass is 418 g/mol. The third-order valence-corrected chi connectivity index (χ3v) is 6.25. The third kappa shape index (κ3) is 3.86. The molecule has 26 heavy (non-hydrogen) atoms. The summed E-state index contributed by atoms with van der Waals surface area (Å²) in [4.78, 5) is 16.1. The maximum absolute atomic E-state index is 12.5. The van der Waals surface area contributed by atoms with Gasteiger partial charge in [0.1, 0.15) is 15.7 Å². The minimum Gasteiger partial charge on any atom is -0.393 e. The van der Waals surface area contributed by atoms with Gasteiger partial charge in [-0.25, -0.2) is 18.1 Å². The average Bonchev–Trinajstić information content (AvgIpc) is 2.81. The number of pyridine rings is 1. The van der Waals surface area contributed by atoms with Crippen molar-refractivity contribution in [3.05, 3.63) is 40.4 Å². The highest BCUT2D eigenvalue weighted by Gasteiger charge is 2.34. The summed E-state index contributed by atoms with van der Waals surface area (Å²) >= 11 is 12.0. The molecule has 0 unspecified atom stereocenters. The molecule has 1 saturated carbocycles. The third-order valence-electron chi connectivity index (χ3n) is 4.01. The fourth-order valence-electron chi connectivity index (χ4n) is 2.65. The van der Waals surface area contributed by atoms with Crippen LogP contribution in [0.2, 0.25) is 10.2 Å². The van der Waals surface area contributed by atoms with Gasteiger partial charge < -0.3 is 15.0 Å². The van der Waals surface area contributed by atoms with Crippen molar-refractivity contribution in [2.45, 2.75) is 29.9 Å². The summed E-state index contributed by atoms with van der Waals surface area (Å²) in [5.74, 6) is -0.583. The van der Waals surface area contributed by atoms with Crippen molar-refractivity contribution < 1.29 is 18.3 Å². The molecular formula is C15H16Cl2N4O4S. The van der Waals surface area contributed by atoms with E-state index in [1.807, 2.05) is 0 Å². The fourth-order valence-corrected chi connectivity index (χ4v) is 4.79. The molecule has 1 amide bonds. The molecule has 1 aliphatic carbocycles. The van der Waals surface area contributed by atoms with Crippen LogP contribution in [0.4, 0.5) is 5.69 Å². The molecule has 8 nitrogen and oxygen atoms in total. The molecule has 0 aromatic carbocycles. The van der Waals surface area contributed by atoms with Crippen LogP contribution >= 0.6 is 23.2 Å². The van der Waals surface area contributed by atoms with E-state index in [-0.39, 0.29) is 26.8 Å². The van der Waals surface area contributed by atoms with Crippen molar-refractivity contribution in [2.75, 3.05) is 5.32 Å². The number of aliphatic hydroxyl groups is 1. The first-order valence-electron chi connectivity index (χ1n) is 7.65. The average molecular weight is 419 g/mol. The molecule has 2 aromatic heterocycles. The molecule has 0 radical (unpaired) electrons. The Morgan fingerprint density at radius 2 is 2.08 bits per heavy atom. The Morgan fingerprint density at radius 1 is 1.38 bits per heavy atom. The summed E-state index contributed by atoms with van der Waals surface area (Å²) < 4.78 is 28.8.